The van der Waals surface area contributed by atoms with Crippen LogP contribution in [0.25, 0.3) is 10.9 Å². The molecule has 3 aromatic rings. The minimum Gasteiger partial charge on any atom is -0.368 e. The first-order valence-electron chi connectivity index (χ1n) is 8.04. The van der Waals surface area contributed by atoms with Gasteiger partial charge in [0.15, 0.2) is 0 Å². The Balaban J connectivity index is 1.58. The number of piperazine rings is 1. The minimum atomic E-state index is 0.778. The molecule has 3 heterocycles. The smallest absolute Gasteiger partial charge is 0.140 e. The number of rotatable bonds is 2. The van der Waals surface area contributed by atoms with Gasteiger partial charge >= 0.3 is 0 Å². The van der Waals surface area contributed by atoms with Crippen LogP contribution < -0.4 is 9.80 Å². The Morgan fingerprint density at radius 2 is 1.79 bits per heavy atom. The van der Waals surface area contributed by atoms with Gasteiger partial charge in [0, 0.05) is 48.5 Å². The standard InChI is InChI=1S/C18H18ClN5/c1-13-21-17-12-20-6-5-16(17)18(22-13)24-9-7-23(8-10-24)15-4-2-3-14(19)11-15/h2-6,11-12H,7-10H2,1H3. The maximum atomic E-state index is 6.11. The Labute approximate surface area is 145 Å². The zero-order valence-corrected chi connectivity index (χ0v) is 14.2. The molecule has 4 rings (SSSR count). The van der Waals surface area contributed by atoms with Gasteiger partial charge in [0.05, 0.1) is 11.7 Å². The van der Waals surface area contributed by atoms with E-state index in [0.717, 1.165) is 53.7 Å². The molecule has 24 heavy (non-hydrogen) atoms. The summed E-state index contributed by atoms with van der Waals surface area (Å²) in [5.41, 5.74) is 2.08. The molecule has 0 bridgehead atoms. The van der Waals surface area contributed by atoms with Gasteiger partial charge in [0.2, 0.25) is 0 Å². The second-order valence-corrected chi connectivity index (χ2v) is 6.38. The molecule has 0 radical (unpaired) electrons. The summed E-state index contributed by atoms with van der Waals surface area (Å²) in [5.74, 6) is 1.79. The molecule has 0 saturated carbocycles. The van der Waals surface area contributed by atoms with Crippen molar-refractivity contribution in [3.63, 3.8) is 0 Å². The highest BCUT2D eigenvalue weighted by atomic mass is 35.5. The van der Waals surface area contributed by atoms with E-state index in [9.17, 15) is 0 Å². The number of hydrogen-bond acceptors (Lipinski definition) is 5. The van der Waals surface area contributed by atoms with E-state index in [1.807, 2.05) is 31.2 Å². The summed E-state index contributed by atoms with van der Waals surface area (Å²) in [7, 11) is 0. The zero-order chi connectivity index (χ0) is 16.5. The number of hydrogen-bond donors (Lipinski definition) is 0. The van der Waals surface area contributed by atoms with E-state index in [-0.39, 0.29) is 0 Å². The van der Waals surface area contributed by atoms with Gasteiger partial charge in [0.25, 0.3) is 0 Å². The molecule has 0 N–H and O–H groups in total. The van der Waals surface area contributed by atoms with Gasteiger partial charge in [-0.25, -0.2) is 9.97 Å². The molecule has 2 aromatic heterocycles. The number of halogens is 1. The predicted molar refractivity (Wildman–Crippen MR) is 97.9 cm³/mol. The van der Waals surface area contributed by atoms with E-state index < -0.39 is 0 Å². The number of anilines is 2. The maximum Gasteiger partial charge on any atom is 0.140 e. The summed E-state index contributed by atoms with van der Waals surface area (Å²) in [5, 5.41) is 1.84. The van der Waals surface area contributed by atoms with E-state index in [1.54, 1.807) is 12.4 Å². The maximum absolute atomic E-state index is 6.11. The van der Waals surface area contributed by atoms with Gasteiger partial charge in [-0.3, -0.25) is 4.98 Å². The van der Waals surface area contributed by atoms with Gasteiger partial charge < -0.3 is 9.80 Å². The highest BCUT2D eigenvalue weighted by molar-refractivity contribution is 6.30. The molecule has 0 amide bonds. The Morgan fingerprint density at radius 3 is 2.58 bits per heavy atom. The lowest BCUT2D eigenvalue weighted by Crippen LogP contribution is -2.47. The molecule has 0 aliphatic carbocycles. The number of fused-ring (bicyclic) bond motifs is 1. The van der Waals surface area contributed by atoms with Gasteiger partial charge in [-0.2, -0.15) is 0 Å². The van der Waals surface area contributed by atoms with Crippen molar-refractivity contribution in [3.8, 4) is 0 Å². The number of aryl methyl sites for hydroxylation is 1. The average Bonchev–Trinajstić information content (AvgIpc) is 2.61. The fourth-order valence-electron chi connectivity index (χ4n) is 3.17. The van der Waals surface area contributed by atoms with E-state index in [1.165, 1.54) is 5.69 Å². The first-order chi connectivity index (χ1) is 11.7. The van der Waals surface area contributed by atoms with Crippen LogP contribution in [0.15, 0.2) is 42.7 Å². The molecule has 1 saturated heterocycles. The minimum absolute atomic E-state index is 0.778. The Hall–Kier alpha value is -2.40. The highest BCUT2D eigenvalue weighted by Crippen LogP contribution is 2.26. The lowest BCUT2D eigenvalue weighted by atomic mass is 10.2. The number of aromatic nitrogens is 3. The molecular weight excluding hydrogens is 322 g/mol. The van der Waals surface area contributed by atoms with Crippen molar-refractivity contribution in [1.82, 2.24) is 15.0 Å². The fraction of sp³-hybridized carbons (Fsp3) is 0.278. The Morgan fingerprint density at radius 1 is 1.00 bits per heavy atom. The second kappa shape index (κ2) is 6.24. The molecule has 0 spiro atoms. The molecule has 1 fully saturated rings. The third-order valence-electron chi connectivity index (χ3n) is 4.34. The van der Waals surface area contributed by atoms with Crippen LogP contribution in [0.4, 0.5) is 11.5 Å². The van der Waals surface area contributed by atoms with Crippen LogP contribution in [-0.2, 0) is 0 Å². The topological polar surface area (TPSA) is 45.2 Å². The first kappa shape index (κ1) is 15.1. The summed E-state index contributed by atoms with van der Waals surface area (Å²) >= 11 is 6.11. The summed E-state index contributed by atoms with van der Waals surface area (Å²) in [6.07, 6.45) is 3.60. The molecule has 5 nitrogen and oxygen atoms in total. The summed E-state index contributed by atoms with van der Waals surface area (Å²) < 4.78 is 0. The fourth-order valence-corrected chi connectivity index (χ4v) is 3.35. The molecule has 0 unspecified atom stereocenters. The normalized spacial score (nSPS) is 15.1. The van der Waals surface area contributed by atoms with Crippen LogP contribution in [0, 0.1) is 6.92 Å². The van der Waals surface area contributed by atoms with Gasteiger partial charge in [-0.15, -0.1) is 0 Å². The van der Waals surface area contributed by atoms with Crippen molar-refractivity contribution in [2.75, 3.05) is 36.0 Å². The monoisotopic (exact) mass is 339 g/mol. The molecular formula is C18H18ClN5. The second-order valence-electron chi connectivity index (χ2n) is 5.94. The quantitative estimate of drug-likeness (QED) is 0.716. The van der Waals surface area contributed by atoms with Crippen LogP contribution in [0.1, 0.15) is 5.82 Å². The average molecular weight is 340 g/mol. The Kier molecular flexibility index (Phi) is 3.94. The van der Waals surface area contributed by atoms with Crippen molar-refractivity contribution < 1.29 is 0 Å². The molecule has 6 heteroatoms. The Bertz CT molecular complexity index is 874. The van der Waals surface area contributed by atoms with E-state index in [4.69, 9.17) is 11.6 Å². The number of pyridine rings is 1. The molecule has 1 aromatic carbocycles. The molecule has 122 valence electrons. The largest absolute Gasteiger partial charge is 0.368 e. The van der Waals surface area contributed by atoms with Crippen molar-refractivity contribution in [2.45, 2.75) is 6.92 Å². The van der Waals surface area contributed by atoms with E-state index in [2.05, 4.69) is 30.8 Å². The van der Waals surface area contributed by atoms with Crippen LogP contribution in [0.2, 0.25) is 5.02 Å². The molecule has 1 aliphatic heterocycles. The summed E-state index contributed by atoms with van der Waals surface area (Å²) in [6.45, 7) is 5.64. The summed E-state index contributed by atoms with van der Waals surface area (Å²) in [6, 6.07) is 10.0. The predicted octanol–water partition coefficient (Wildman–Crippen LogP) is 3.31. The molecule has 1 aliphatic rings. The van der Waals surface area contributed by atoms with Crippen molar-refractivity contribution in [1.29, 1.82) is 0 Å². The zero-order valence-electron chi connectivity index (χ0n) is 13.5. The van der Waals surface area contributed by atoms with Gasteiger partial charge in [-0.1, -0.05) is 17.7 Å². The van der Waals surface area contributed by atoms with Gasteiger partial charge in [0.1, 0.15) is 11.6 Å². The lowest BCUT2D eigenvalue weighted by Gasteiger charge is -2.37. The third kappa shape index (κ3) is 2.87. The SMILES string of the molecule is Cc1nc(N2CCN(c3cccc(Cl)c3)CC2)c2ccncc2n1. The van der Waals surface area contributed by atoms with E-state index >= 15 is 0 Å². The van der Waals surface area contributed by atoms with E-state index in [0.29, 0.717) is 0 Å². The summed E-state index contributed by atoms with van der Waals surface area (Å²) in [4.78, 5) is 18.0. The lowest BCUT2D eigenvalue weighted by molar-refractivity contribution is 0.648. The van der Waals surface area contributed by atoms with Gasteiger partial charge in [-0.05, 0) is 31.2 Å². The van der Waals surface area contributed by atoms with Crippen molar-refractivity contribution in [2.24, 2.45) is 0 Å². The van der Waals surface area contributed by atoms with Crippen LogP contribution in [-0.4, -0.2) is 41.1 Å². The first-order valence-corrected chi connectivity index (χ1v) is 8.42. The van der Waals surface area contributed by atoms with Crippen molar-refractivity contribution in [3.05, 3.63) is 53.6 Å². The van der Waals surface area contributed by atoms with Crippen LogP contribution >= 0.6 is 11.6 Å². The number of nitrogens with zero attached hydrogens (tertiary/aromatic N) is 5. The van der Waals surface area contributed by atoms with Crippen molar-refractivity contribution >= 4 is 34.0 Å². The van der Waals surface area contributed by atoms with Crippen LogP contribution in [0.5, 0.6) is 0 Å². The van der Waals surface area contributed by atoms with Crippen LogP contribution in [0.3, 0.4) is 0 Å². The third-order valence-corrected chi connectivity index (χ3v) is 4.58. The highest BCUT2D eigenvalue weighted by Gasteiger charge is 2.20. The molecule has 0 atom stereocenters. The number of benzene rings is 1.